The Morgan fingerprint density at radius 3 is 1.62 bits per heavy atom. The number of allylic oxidation sites excluding steroid dienone is 8. The molecule has 4 aliphatic carbocycles. The molecule has 0 aromatic heterocycles. The quantitative estimate of drug-likeness (QED) is 0.438. The topological polar surface area (TPSA) is 0 Å². The van der Waals surface area contributed by atoms with E-state index in [4.69, 9.17) is 0 Å². The zero-order valence-corrected chi connectivity index (χ0v) is 17.1. The summed E-state index contributed by atoms with van der Waals surface area (Å²) >= 11 is -0.705. The number of hydrogen-bond donors (Lipinski definition) is 0. The van der Waals surface area contributed by atoms with Gasteiger partial charge in [0, 0.05) is 0 Å². The van der Waals surface area contributed by atoms with Crippen LogP contribution in [0, 0.1) is 0 Å². The van der Waals surface area contributed by atoms with E-state index < -0.39 is 22.9 Å². The number of hydrogen-bond acceptors (Lipinski definition) is 0. The number of rotatable bonds is 2. The summed E-state index contributed by atoms with van der Waals surface area (Å²) in [5.74, 6) is 0. The van der Waals surface area contributed by atoms with Crippen LogP contribution in [-0.2, 0) is 22.9 Å². The molecule has 0 bridgehead atoms. The van der Waals surface area contributed by atoms with Gasteiger partial charge in [0.2, 0.25) is 0 Å². The van der Waals surface area contributed by atoms with Crippen molar-refractivity contribution in [1.29, 1.82) is 0 Å². The van der Waals surface area contributed by atoms with Crippen molar-refractivity contribution < 1.29 is 22.9 Å². The van der Waals surface area contributed by atoms with Crippen LogP contribution < -0.4 is 0 Å². The molecule has 2 atom stereocenters. The Balaban J connectivity index is 1.59. The summed E-state index contributed by atoms with van der Waals surface area (Å²) in [7, 11) is 0. The van der Waals surface area contributed by atoms with Gasteiger partial charge in [-0.3, -0.25) is 0 Å². The zero-order valence-electron chi connectivity index (χ0n) is 13.5. The summed E-state index contributed by atoms with van der Waals surface area (Å²) in [6, 6.07) is 0. The maximum atomic E-state index is 2.58. The molecule has 0 aromatic carbocycles. The second-order valence-corrected chi connectivity index (χ2v) is 12.7. The fourth-order valence-corrected chi connectivity index (χ4v) is 12.3. The molecule has 0 saturated carbocycles. The average Bonchev–Trinajstić information content (AvgIpc) is 2.97. The van der Waals surface area contributed by atoms with Crippen molar-refractivity contribution in [3.8, 4) is 0 Å². The van der Waals surface area contributed by atoms with E-state index in [-0.39, 0.29) is 0 Å². The Morgan fingerprint density at radius 2 is 1.14 bits per heavy atom. The van der Waals surface area contributed by atoms with Crippen LogP contribution in [0.5, 0.6) is 0 Å². The third-order valence-electron chi connectivity index (χ3n) is 5.85. The van der Waals surface area contributed by atoms with E-state index in [1.807, 2.05) is 11.1 Å². The van der Waals surface area contributed by atoms with Crippen molar-refractivity contribution >= 4 is 0 Å². The first kappa shape index (κ1) is 14.4. The van der Waals surface area contributed by atoms with Crippen LogP contribution >= 0.6 is 0 Å². The Morgan fingerprint density at radius 1 is 0.714 bits per heavy atom. The Kier molecular flexibility index (Phi) is 3.98. The normalized spacial score (nSPS) is 31.9. The maximum absolute atomic E-state index is 2.58. The minimum atomic E-state index is -0.705. The second-order valence-electron chi connectivity index (χ2n) is 7.32. The third-order valence-corrected chi connectivity index (χ3v) is 14.0. The van der Waals surface area contributed by atoms with Gasteiger partial charge < -0.3 is 0 Å². The molecule has 0 saturated heterocycles. The van der Waals surface area contributed by atoms with Crippen molar-refractivity contribution in [2.45, 2.75) is 72.6 Å². The van der Waals surface area contributed by atoms with Gasteiger partial charge in [0.1, 0.15) is 0 Å². The molecular formula is C20H26Hf. The van der Waals surface area contributed by atoms with E-state index in [0.717, 1.165) is 7.35 Å². The van der Waals surface area contributed by atoms with Gasteiger partial charge in [-0.05, 0) is 0 Å². The van der Waals surface area contributed by atoms with Gasteiger partial charge >= 0.3 is 141 Å². The van der Waals surface area contributed by atoms with Crippen LogP contribution in [0.4, 0.5) is 0 Å². The first-order chi connectivity index (χ1) is 10.2. The molecule has 4 rings (SSSR count). The van der Waals surface area contributed by atoms with E-state index in [1.165, 1.54) is 51.4 Å². The molecule has 0 aromatic rings. The van der Waals surface area contributed by atoms with Crippen molar-refractivity contribution in [3.63, 3.8) is 0 Å². The van der Waals surface area contributed by atoms with Crippen LogP contribution in [0.3, 0.4) is 0 Å². The zero-order chi connectivity index (χ0) is 14.4. The monoisotopic (exact) mass is 446 g/mol. The summed E-state index contributed by atoms with van der Waals surface area (Å²) in [6.45, 7) is 4.86. The third kappa shape index (κ3) is 2.54. The van der Waals surface area contributed by atoms with E-state index >= 15 is 0 Å². The van der Waals surface area contributed by atoms with Crippen molar-refractivity contribution in [2.24, 2.45) is 0 Å². The molecule has 4 aliphatic rings. The summed E-state index contributed by atoms with van der Waals surface area (Å²) in [6.07, 6.45) is 16.5. The fourth-order valence-electron chi connectivity index (χ4n) is 4.79. The van der Waals surface area contributed by atoms with E-state index in [9.17, 15) is 0 Å². The van der Waals surface area contributed by atoms with E-state index in [0.29, 0.717) is 0 Å². The Bertz CT molecular complexity index is 533. The van der Waals surface area contributed by atoms with Gasteiger partial charge in [0.25, 0.3) is 0 Å². The molecule has 0 fully saturated rings. The van der Waals surface area contributed by atoms with Gasteiger partial charge in [-0.2, -0.15) is 0 Å². The van der Waals surface area contributed by atoms with Crippen molar-refractivity contribution in [3.05, 3.63) is 45.6 Å². The second kappa shape index (κ2) is 5.80. The molecule has 21 heavy (non-hydrogen) atoms. The first-order valence-corrected chi connectivity index (χ1v) is 12.9. The van der Waals surface area contributed by atoms with Gasteiger partial charge in [-0.25, -0.2) is 0 Å². The predicted octanol–water partition coefficient (Wildman–Crippen LogP) is 6.31. The van der Waals surface area contributed by atoms with Crippen LogP contribution in [0.2, 0.25) is 7.35 Å². The van der Waals surface area contributed by atoms with Gasteiger partial charge in [-0.1, -0.05) is 0 Å². The van der Waals surface area contributed by atoms with Crippen molar-refractivity contribution in [1.82, 2.24) is 0 Å². The van der Waals surface area contributed by atoms with Crippen LogP contribution in [0.15, 0.2) is 45.6 Å². The molecule has 110 valence electrons. The Labute approximate surface area is 140 Å². The molecule has 0 radical (unpaired) electrons. The molecule has 1 heteroatoms. The first-order valence-electron chi connectivity index (χ1n) is 8.80. The predicted molar refractivity (Wildman–Crippen MR) is 86.0 cm³/mol. The van der Waals surface area contributed by atoms with Gasteiger partial charge in [0.05, 0.1) is 0 Å². The molecule has 0 amide bonds. The molecule has 2 unspecified atom stereocenters. The molecule has 0 aliphatic heterocycles. The molecule has 0 nitrogen and oxygen atoms in total. The molecule has 0 N–H and O–H groups in total. The summed E-state index contributed by atoms with van der Waals surface area (Å²) < 4.78 is 1.92. The van der Waals surface area contributed by atoms with Gasteiger partial charge in [-0.15, -0.1) is 0 Å². The van der Waals surface area contributed by atoms with E-state index in [2.05, 4.69) is 26.0 Å². The van der Waals surface area contributed by atoms with E-state index in [1.54, 1.807) is 22.3 Å². The molecule has 0 spiro atoms. The summed E-state index contributed by atoms with van der Waals surface area (Å²) in [4.78, 5) is 0. The van der Waals surface area contributed by atoms with Crippen LogP contribution in [0.25, 0.3) is 0 Å². The summed E-state index contributed by atoms with van der Waals surface area (Å²) in [5.41, 5.74) is 10.8. The fraction of sp³-hybridized carbons (Fsp3) is 0.600. The molecule has 0 heterocycles. The van der Waals surface area contributed by atoms with Crippen LogP contribution in [0.1, 0.15) is 65.2 Å². The minimum absolute atomic E-state index is 0.705. The SMILES string of the molecule is CC1=CC2=C(CCCC2)[CH]1[Hf][CH]1C(C)=CC2=C1CCCC2. The van der Waals surface area contributed by atoms with Crippen molar-refractivity contribution in [2.75, 3.05) is 0 Å². The molecular weight excluding hydrogens is 419 g/mol. The average molecular weight is 445 g/mol. The standard InChI is InChI=1S/2C10H13.Hf/c2*1-8-6-9-4-2-3-5-10(9)7-8;/h2*6-7H,2-5H2,1H3;. The Hall–Kier alpha value is -0.170. The summed E-state index contributed by atoms with van der Waals surface area (Å²) in [5, 5.41) is 0. The van der Waals surface area contributed by atoms with Gasteiger partial charge in [0.15, 0.2) is 0 Å². The van der Waals surface area contributed by atoms with Crippen LogP contribution in [-0.4, -0.2) is 0 Å².